The van der Waals surface area contributed by atoms with Crippen molar-refractivity contribution < 1.29 is 22.8 Å². The third kappa shape index (κ3) is 3.02. The van der Waals surface area contributed by atoms with Gasteiger partial charge in [-0.3, -0.25) is 9.59 Å². The van der Waals surface area contributed by atoms with Gasteiger partial charge in [-0.25, -0.2) is 13.2 Å². The number of halogens is 3. The third-order valence-electron chi connectivity index (χ3n) is 2.69. The van der Waals surface area contributed by atoms with Crippen LogP contribution in [0.1, 0.15) is 20.7 Å². The number of para-hydroxylation sites is 1. The maximum Gasteiger partial charge on any atom is 0.255 e. The first-order chi connectivity index (χ1) is 9.90. The van der Waals surface area contributed by atoms with E-state index in [-0.39, 0.29) is 11.3 Å². The van der Waals surface area contributed by atoms with Crippen molar-refractivity contribution in [3.05, 3.63) is 65.0 Å². The Morgan fingerprint density at radius 2 is 1.57 bits per heavy atom. The molecule has 7 heteroatoms. The lowest BCUT2D eigenvalue weighted by Gasteiger charge is -2.09. The molecule has 0 aliphatic heterocycles. The Morgan fingerprint density at radius 3 is 2.14 bits per heavy atom. The SMILES string of the molecule is NC(=O)c1ccccc1NC(=O)c1cc(F)c(F)c(F)c1. The molecule has 108 valence electrons. The molecule has 2 aromatic rings. The summed E-state index contributed by atoms with van der Waals surface area (Å²) in [5, 5.41) is 2.29. The van der Waals surface area contributed by atoms with Crippen LogP contribution < -0.4 is 11.1 Å². The molecule has 2 rings (SSSR count). The molecule has 2 aromatic carbocycles. The number of rotatable bonds is 3. The summed E-state index contributed by atoms with van der Waals surface area (Å²) in [5.41, 5.74) is 4.83. The predicted molar refractivity (Wildman–Crippen MR) is 69.2 cm³/mol. The first kappa shape index (κ1) is 14.6. The van der Waals surface area contributed by atoms with E-state index in [9.17, 15) is 22.8 Å². The van der Waals surface area contributed by atoms with Crippen LogP contribution in [0.15, 0.2) is 36.4 Å². The summed E-state index contributed by atoms with van der Waals surface area (Å²) < 4.78 is 39.0. The summed E-state index contributed by atoms with van der Waals surface area (Å²) >= 11 is 0. The maximum atomic E-state index is 13.1. The number of nitrogens with two attached hydrogens (primary N) is 1. The van der Waals surface area contributed by atoms with Crippen molar-refractivity contribution in [2.75, 3.05) is 5.32 Å². The average Bonchev–Trinajstić information content (AvgIpc) is 2.44. The molecule has 0 aliphatic rings. The minimum Gasteiger partial charge on any atom is -0.366 e. The summed E-state index contributed by atoms with van der Waals surface area (Å²) in [6.45, 7) is 0. The molecule has 0 saturated heterocycles. The molecule has 0 aromatic heterocycles. The number of primary amides is 1. The third-order valence-corrected chi connectivity index (χ3v) is 2.69. The van der Waals surface area contributed by atoms with Gasteiger partial charge in [-0.15, -0.1) is 0 Å². The van der Waals surface area contributed by atoms with Crippen molar-refractivity contribution in [3.63, 3.8) is 0 Å². The number of anilines is 1. The normalized spacial score (nSPS) is 10.2. The van der Waals surface area contributed by atoms with Crippen LogP contribution in [0.3, 0.4) is 0 Å². The second-order valence-corrected chi connectivity index (χ2v) is 4.12. The molecule has 0 aliphatic carbocycles. The minimum atomic E-state index is -1.66. The first-order valence-electron chi connectivity index (χ1n) is 5.75. The van der Waals surface area contributed by atoms with Crippen LogP contribution in [0, 0.1) is 17.5 Å². The fraction of sp³-hybridized carbons (Fsp3) is 0. The van der Waals surface area contributed by atoms with E-state index in [0.29, 0.717) is 12.1 Å². The zero-order chi connectivity index (χ0) is 15.6. The van der Waals surface area contributed by atoms with Crippen LogP contribution in [0.2, 0.25) is 0 Å². The van der Waals surface area contributed by atoms with E-state index in [0.717, 1.165) is 0 Å². The number of nitrogens with one attached hydrogen (secondary N) is 1. The standard InChI is InChI=1S/C14H9F3N2O2/c15-9-5-7(6-10(16)12(9)17)14(21)19-11-4-2-1-3-8(11)13(18)20/h1-6H,(H2,18,20)(H,19,21). The zero-order valence-electron chi connectivity index (χ0n) is 10.5. The van der Waals surface area contributed by atoms with E-state index in [1.54, 1.807) is 0 Å². The van der Waals surface area contributed by atoms with Crippen molar-refractivity contribution in [2.45, 2.75) is 0 Å². The van der Waals surface area contributed by atoms with E-state index in [4.69, 9.17) is 5.73 Å². The van der Waals surface area contributed by atoms with Gasteiger partial charge in [0.1, 0.15) is 0 Å². The van der Waals surface area contributed by atoms with E-state index < -0.39 is 34.8 Å². The number of carbonyl (C=O) groups excluding carboxylic acids is 2. The molecule has 4 nitrogen and oxygen atoms in total. The highest BCUT2D eigenvalue weighted by Gasteiger charge is 2.16. The molecule has 0 fully saturated rings. The molecule has 21 heavy (non-hydrogen) atoms. The van der Waals surface area contributed by atoms with Crippen molar-refractivity contribution in [2.24, 2.45) is 5.73 Å². The largest absolute Gasteiger partial charge is 0.366 e. The second kappa shape index (κ2) is 5.66. The highest BCUT2D eigenvalue weighted by atomic mass is 19.2. The lowest BCUT2D eigenvalue weighted by Crippen LogP contribution is -2.18. The van der Waals surface area contributed by atoms with Crippen molar-refractivity contribution in [1.29, 1.82) is 0 Å². The van der Waals surface area contributed by atoms with Crippen LogP contribution in [-0.2, 0) is 0 Å². The second-order valence-electron chi connectivity index (χ2n) is 4.12. The molecule has 0 saturated carbocycles. The molecule has 0 spiro atoms. The first-order valence-corrected chi connectivity index (χ1v) is 5.75. The molecular weight excluding hydrogens is 285 g/mol. The molecule has 0 bridgehead atoms. The van der Waals surface area contributed by atoms with Crippen molar-refractivity contribution in [1.82, 2.24) is 0 Å². The van der Waals surface area contributed by atoms with E-state index in [1.165, 1.54) is 24.3 Å². The highest BCUT2D eigenvalue weighted by Crippen LogP contribution is 2.18. The van der Waals surface area contributed by atoms with E-state index in [1.807, 2.05) is 0 Å². The molecule has 0 heterocycles. The Kier molecular flexibility index (Phi) is 3.93. The van der Waals surface area contributed by atoms with Gasteiger partial charge >= 0.3 is 0 Å². The van der Waals surface area contributed by atoms with Crippen LogP contribution >= 0.6 is 0 Å². The topological polar surface area (TPSA) is 72.2 Å². The minimum absolute atomic E-state index is 0.0360. The predicted octanol–water partition coefficient (Wildman–Crippen LogP) is 2.46. The Balaban J connectivity index is 2.33. The number of hydrogen-bond donors (Lipinski definition) is 2. The Morgan fingerprint density at radius 1 is 1.00 bits per heavy atom. The van der Waals surface area contributed by atoms with Gasteiger partial charge in [-0.05, 0) is 24.3 Å². The Labute approximate surface area is 117 Å². The Bertz CT molecular complexity index is 709. The molecule has 0 atom stereocenters. The fourth-order valence-electron chi connectivity index (χ4n) is 1.69. The van der Waals surface area contributed by atoms with Crippen LogP contribution in [-0.4, -0.2) is 11.8 Å². The molecule has 0 radical (unpaired) electrons. The van der Waals surface area contributed by atoms with E-state index in [2.05, 4.69) is 5.32 Å². The van der Waals surface area contributed by atoms with Crippen molar-refractivity contribution in [3.8, 4) is 0 Å². The lowest BCUT2D eigenvalue weighted by atomic mass is 10.1. The quantitative estimate of drug-likeness (QED) is 0.853. The van der Waals surface area contributed by atoms with Gasteiger partial charge in [0.05, 0.1) is 11.3 Å². The van der Waals surface area contributed by atoms with Gasteiger partial charge in [0.2, 0.25) is 0 Å². The maximum absolute atomic E-state index is 13.1. The zero-order valence-corrected chi connectivity index (χ0v) is 10.5. The summed E-state index contributed by atoms with van der Waals surface area (Å²) in [4.78, 5) is 23.1. The molecular formula is C14H9F3N2O2. The van der Waals surface area contributed by atoms with Crippen LogP contribution in [0.5, 0.6) is 0 Å². The van der Waals surface area contributed by atoms with Gasteiger partial charge in [0.25, 0.3) is 11.8 Å². The average molecular weight is 294 g/mol. The highest BCUT2D eigenvalue weighted by molar-refractivity contribution is 6.08. The summed E-state index contributed by atoms with van der Waals surface area (Å²) in [6.07, 6.45) is 0. The Hall–Kier alpha value is -2.83. The molecule has 2 amide bonds. The summed E-state index contributed by atoms with van der Waals surface area (Å²) in [7, 11) is 0. The number of hydrogen-bond acceptors (Lipinski definition) is 2. The molecule has 0 unspecified atom stereocenters. The van der Waals surface area contributed by atoms with E-state index >= 15 is 0 Å². The monoisotopic (exact) mass is 294 g/mol. The van der Waals surface area contributed by atoms with Gasteiger partial charge in [0, 0.05) is 5.56 Å². The number of carbonyl (C=O) groups is 2. The summed E-state index contributed by atoms with van der Waals surface area (Å²) in [5.74, 6) is -6.31. The van der Waals surface area contributed by atoms with Gasteiger partial charge in [0.15, 0.2) is 17.5 Å². The van der Waals surface area contributed by atoms with Gasteiger partial charge in [-0.1, -0.05) is 12.1 Å². The smallest absolute Gasteiger partial charge is 0.255 e. The van der Waals surface area contributed by atoms with Gasteiger partial charge < -0.3 is 11.1 Å². The number of benzene rings is 2. The fourth-order valence-corrected chi connectivity index (χ4v) is 1.69. The van der Waals surface area contributed by atoms with Crippen LogP contribution in [0.25, 0.3) is 0 Å². The summed E-state index contributed by atoms with van der Waals surface area (Å²) in [6, 6.07) is 6.96. The van der Waals surface area contributed by atoms with Crippen LogP contribution in [0.4, 0.5) is 18.9 Å². The van der Waals surface area contributed by atoms with Crippen molar-refractivity contribution >= 4 is 17.5 Å². The van der Waals surface area contributed by atoms with Gasteiger partial charge in [-0.2, -0.15) is 0 Å². The lowest BCUT2D eigenvalue weighted by molar-refractivity contribution is 0.100. The number of amides is 2. The molecule has 3 N–H and O–H groups in total.